The lowest BCUT2D eigenvalue weighted by Gasteiger charge is -2.54. The summed E-state index contributed by atoms with van der Waals surface area (Å²) in [5.41, 5.74) is 2.39. The molecule has 1 aromatic rings. The monoisotopic (exact) mass is 376 g/mol. The van der Waals surface area contributed by atoms with Crippen LogP contribution in [0.2, 0.25) is 0 Å². The average molecular weight is 376 g/mol. The van der Waals surface area contributed by atoms with Crippen LogP contribution in [0.15, 0.2) is 48.1 Å². The van der Waals surface area contributed by atoms with Gasteiger partial charge in [0.2, 0.25) is 0 Å². The van der Waals surface area contributed by atoms with Gasteiger partial charge in [-0.1, -0.05) is 36.8 Å². The lowest BCUT2D eigenvalue weighted by atomic mass is 9.48. The van der Waals surface area contributed by atoms with Crippen molar-refractivity contribution in [1.29, 1.82) is 0 Å². The zero-order chi connectivity index (χ0) is 19.5. The van der Waals surface area contributed by atoms with E-state index in [0.29, 0.717) is 54.0 Å². The van der Waals surface area contributed by atoms with Crippen molar-refractivity contribution in [3.05, 3.63) is 53.6 Å². The molecule has 3 nitrogen and oxygen atoms in total. The van der Waals surface area contributed by atoms with Crippen LogP contribution >= 0.6 is 0 Å². The van der Waals surface area contributed by atoms with Gasteiger partial charge in [0.05, 0.1) is 7.11 Å². The summed E-state index contributed by atoms with van der Waals surface area (Å²) in [6.45, 7) is 2.18. The maximum Gasteiger partial charge on any atom is 0.161 e. The fourth-order valence-corrected chi connectivity index (χ4v) is 6.71. The third kappa shape index (κ3) is 2.55. The second kappa shape index (κ2) is 6.43. The lowest BCUT2D eigenvalue weighted by molar-refractivity contribution is -0.129. The van der Waals surface area contributed by atoms with Crippen molar-refractivity contribution >= 4 is 11.6 Å². The minimum absolute atomic E-state index is 0.290. The summed E-state index contributed by atoms with van der Waals surface area (Å²) in [6.07, 6.45) is 10.6. The summed E-state index contributed by atoms with van der Waals surface area (Å²) in [4.78, 5) is 24.9. The first-order valence-corrected chi connectivity index (χ1v) is 10.6. The fraction of sp³-hybridized carbons (Fsp3) is 0.520. The van der Waals surface area contributed by atoms with Gasteiger partial charge in [-0.3, -0.25) is 9.59 Å². The molecule has 0 aromatic heterocycles. The number of methoxy groups -OCH3 is 1. The van der Waals surface area contributed by atoms with Crippen LogP contribution in [0.4, 0.5) is 0 Å². The van der Waals surface area contributed by atoms with E-state index in [1.807, 2.05) is 18.2 Å². The zero-order valence-corrected chi connectivity index (χ0v) is 16.7. The van der Waals surface area contributed by atoms with Crippen LogP contribution in [0.1, 0.15) is 50.5 Å². The molecule has 4 aliphatic rings. The fourth-order valence-electron chi connectivity index (χ4n) is 6.71. The molecule has 0 amide bonds. The molecule has 3 heteroatoms. The van der Waals surface area contributed by atoms with Crippen molar-refractivity contribution in [3.8, 4) is 5.75 Å². The van der Waals surface area contributed by atoms with E-state index in [1.165, 1.54) is 11.1 Å². The number of benzene rings is 1. The van der Waals surface area contributed by atoms with E-state index in [1.54, 1.807) is 7.11 Å². The molecule has 0 saturated heterocycles. The van der Waals surface area contributed by atoms with Gasteiger partial charge in [0, 0.05) is 18.3 Å². The average Bonchev–Trinajstić information content (AvgIpc) is 3.01. The quantitative estimate of drug-likeness (QED) is 0.691. The number of carbonyl (C=O) groups is 2. The van der Waals surface area contributed by atoms with E-state index < -0.39 is 0 Å². The first kappa shape index (κ1) is 17.9. The summed E-state index contributed by atoms with van der Waals surface area (Å²) in [5.74, 6) is 3.70. The number of hydrogen-bond acceptors (Lipinski definition) is 3. The molecule has 6 atom stereocenters. The third-order valence-electron chi connectivity index (χ3n) is 8.09. The van der Waals surface area contributed by atoms with Crippen LogP contribution in [-0.2, 0) is 9.59 Å². The van der Waals surface area contributed by atoms with E-state index in [-0.39, 0.29) is 5.41 Å². The molecular weight excluding hydrogens is 348 g/mol. The van der Waals surface area contributed by atoms with Gasteiger partial charge < -0.3 is 4.74 Å². The molecule has 0 bridgehead atoms. The summed E-state index contributed by atoms with van der Waals surface area (Å²) < 4.78 is 5.36. The van der Waals surface area contributed by atoms with Crippen LogP contribution in [0.25, 0.3) is 0 Å². The molecule has 0 radical (unpaired) electrons. The largest absolute Gasteiger partial charge is 0.497 e. The van der Waals surface area contributed by atoms with E-state index >= 15 is 0 Å². The Balaban J connectivity index is 1.59. The summed E-state index contributed by atoms with van der Waals surface area (Å²) in [6, 6.07) is 8.45. The maximum absolute atomic E-state index is 12.8. The molecule has 1 unspecified atom stereocenters. The van der Waals surface area contributed by atoms with Crippen LogP contribution in [-0.4, -0.2) is 18.7 Å². The minimum atomic E-state index is -0.290. The smallest absolute Gasteiger partial charge is 0.161 e. The van der Waals surface area contributed by atoms with Crippen molar-refractivity contribution in [2.75, 3.05) is 7.11 Å². The van der Waals surface area contributed by atoms with E-state index in [0.717, 1.165) is 25.0 Å². The molecule has 5 rings (SSSR count). The number of ketones is 2. The van der Waals surface area contributed by atoms with Gasteiger partial charge in [0.15, 0.2) is 5.78 Å². The third-order valence-corrected chi connectivity index (χ3v) is 8.09. The molecule has 0 heterocycles. The van der Waals surface area contributed by atoms with Crippen LogP contribution in [0.3, 0.4) is 0 Å². The first-order chi connectivity index (χ1) is 13.5. The SMILES string of the molecule is COc1ccc(C2C[C@]3(C)C(=O)C=C[C@H]3[C@@H]3CC=C4CC(=O)CC[C@@H]4[C@@H]23)cc1. The molecule has 0 N–H and O–H groups in total. The van der Waals surface area contributed by atoms with Gasteiger partial charge in [0.25, 0.3) is 0 Å². The van der Waals surface area contributed by atoms with Crippen molar-refractivity contribution in [2.45, 2.75) is 44.9 Å². The summed E-state index contributed by atoms with van der Waals surface area (Å²) in [7, 11) is 1.69. The Kier molecular flexibility index (Phi) is 4.12. The molecular formula is C25H28O3. The molecule has 2 fully saturated rings. The number of rotatable bonds is 2. The Labute approximate surface area is 166 Å². The minimum Gasteiger partial charge on any atom is -0.497 e. The number of hydrogen-bond donors (Lipinski definition) is 0. The molecule has 0 aliphatic heterocycles. The molecule has 1 aromatic carbocycles. The number of Topliss-reactive ketones (excluding diaryl/α,β-unsaturated/α-hetero) is 1. The zero-order valence-electron chi connectivity index (χ0n) is 16.7. The summed E-state index contributed by atoms with van der Waals surface area (Å²) in [5, 5.41) is 0. The highest BCUT2D eigenvalue weighted by Gasteiger charge is 2.57. The van der Waals surface area contributed by atoms with Gasteiger partial charge >= 0.3 is 0 Å². The molecule has 2 saturated carbocycles. The van der Waals surface area contributed by atoms with Gasteiger partial charge in [-0.05, 0) is 72.6 Å². The van der Waals surface area contributed by atoms with Crippen LogP contribution in [0.5, 0.6) is 5.75 Å². The number of ether oxygens (including phenoxy) is 1. The predicted molar refractivity (Wildman–Crippen MR) is 108 cm³/mol. The second-order valence-electron chi connectivity index (χ2n) is 9.37. The van der Waals surface area contributed by atoms with Gasteiger partial charge in [-0.25, -0.2) is 0 Å². The van der Waals surface area contributed by atoms with Crippen LogP contribution < -0.4 is 4.74 Å². The molecule has 4 aliphatic carbocycles. The Bertz CT molecular complexity index is 878. The lowest BCUT2D eigenvalue weighted by Crippen LogP contribution is -2.50. The number of allylic oxidation sites excluding steroid dienone is 4. The highest BCUT2D eigenvalue weighted by molar-refractivity contribution is 5.97. The molecule has 28 heavy (non-hydrogen) atoms. The summed E-state index contributed by atoms with van der Waals surface area (Å²) >= 11 is 0. The topological polar surface area (TPSA) is 43.4 Å². The molecule has 0 spiro atoms. The highest BCUT2D eigenvalue weighted by Crippen LogP contribution is 2.62. The maximum atomic E-state index is 12.8. The Morgan fingerprint density at radius 3 is 2.64 bits per heavy atom. The van der Waals surface area contributed by atoms with Crippen molar-refractivity contribution < 1.29 is 14.3 Å². The first-order valence-electron chi connectivity index (χ1n) is 10.6. The van der Waals surface area contributed by atoms with Gasteiger partial charge in [-0.15, -0.1) is 0 Å². The highest BCUT2D eigenvalue weighted by atomic mass is 16.5. The number of carbonyl (C=O) groups excluding carboxylic acids is 2. The van der Waals surface area contributed by atoms with Gasteiger partial charge in [-0.2, -0.15) is 0 Å². The van der Waals surface area contributed by atoms with E-state index in [4.69, 9.17) is 4.74 Å². The van der Waals surface area contributed by atoms with Crippen LogP contribution in [0, 0.1) is 29.1 Å². The van der Waals surface area contributed by atoms with Crippen molar-refractivity contribution in [2.24, 2.45) is 29.1 Å². The Morgan fingerprint density at radius 1 is 1.11 bits per heavy atom. The Morgan fingerprint density at radius 2 is 1.89 bits per heavy atom. The van der Waals surface area contributed by atoms with Gasteiger partial charge in [0.1, 0.15) is 11.5 Å². The second-order valence-corrected chi connectivity index (χ2v) is 9.37. The molecule has 146 valence electrons. The van der Waals surface area contributed by atoms with Crippen molar-refractivity contribution in [3.63, 3.8) is 0 Å². The van der Waals surface area contributed by atoms with E-state index in [9.17, 15) is 9.59 Å². The predicted octanol–water partition coefficient (Wildman–Crippen LogP) is 4.88. The normalized spacial score (nSPS) is 39.1. The van der Waals surface area contributed by atoms with E-state index in [2.05, 4.69) is 31.2 Å². The Hall–Kier alpha value is -2.16. The van der Waals surface area contributed by atoms with Crippen molar-refractivity contribution in [1.82, 2.24) is 0 Å². The number of fused-ring (bicyclic) bond motifs is 5. The standard InChI is InChI=1S/C25H28O3/c1-25-14-21(15-3-7-18(28-2)8-4-15)24-19-10-6-17(26)13-16(19)5-9-20(24)22(25)11-12-23(25)27/h3-5,7-8,11-12,19-22,24H,6,9-10,13-14H2,1-2H3/t19-,20-,21?,22-,24+,25-/m0/s1.